The lowest BCUT2D eigenvalue weighted by Gasteiger charge is -2.44. The number of hydrogen-bond acceptors (Lipinski definition) is 6. The maximum atomic E-state index is 5.95. The summed E-state index contributed by atoms with van der Waals surface area (Å²) in [6.45, 7) is 30.8. The molecule has 1 aromatic carbocycles. The number of likely N-dealkylation sites (N-methyl/N-ethyl adjacent to an activating group) is 1. The first kappa shape index (κ1) is 35.6. The summed E-state index contributed by atoms with van der Waals surface area (Å²) in [4.78, 5) is 2.28. The second kappa shape index (κ2) is 20.5. The Hall–Kier alpha value is -1.42. The van der Waals surface area contributed by atoms with Crippen LogP contribution in [0.15, 0.2) is 18.2 Å². The van der Waals surface area contributed by atoms with Crippen molar-refractivity contribution < 1.29 is 32.7 Å². The van der Waals surface area contributed by atoms with Crippen LogP contribution in [0.25, 0.3) is 0 Å². The summed E-state index contributed by atoms with van der Waals surface area (Å²) in [5, 5.41) is 0. The number of aryl methyl sites for hydroxylation is 1. The van der Waals surface area contributed by atoms with Crippen LogP contribution in [0.5, 0.6) is 5.75 Å². The van der Waals surface area contributed by atoms with Gasteiger partial charge in [0.2, 0.25) is 0 Å². The van der Waals surface area contributed by atoms with E-state index < -0.39 is 0 Å². The molecule has 228 valence electrons. The Morgan fingerprint density at radius 3 is 1.74 bits per heavy atom. The van der Waals surface area contributed by atoms with Gasteiger partial charge in [-0.2, -0.15) is 0 Å². The second-order valence-corrected chi connectivity index (χ2v) is 10.2. The molecular weight excluding hydrogens is 494 g/mol. The van der Waals surface area contributed by atoms with Gasteiger partial charge in [-0.3, -0.25) is 0 Å². The van der Waals surface area contributed by atoms with E-state index in [2.05, 4.69) is 72.0 Å². The molecular formula is C31H60N3O5+. The fourth-order valence-electron chi connectivity index (χ4n) is 4.79. The summed E-state index contributed by atoms with van der Waals surface area (Å²) in [5.74, 6) is 0.862. The minimum Gasteiger partial charge on any atom is -0.495 e. The monoisotopic (exact) mass is 554 g/mol. The third-order valence-electron chi connectivity index (χ3n) is 8.31. The fourth-order valence-corrected chi connectivity index (χ4v) is 4.79. The van der Waals surface area contributed by atoms with E-state index in [4.69, 9.17) is 23.7 Å². The van der Waals surface area contributed by atoms with Crippen molar-refractivity contribution in [3.05, 3.63) is 30.3 Å². The van der Waals surface area contributed by atoms with Crippen LogP contribution in [-0.4, -0.2) is 121 Å². The first-order chi connectivity index (χ1) is 18.9. The zero-order chi connectivity index (χ0) is 29.0. The Morgan fingerprint density at radius 2 is 1.26 bits per heavy atom. The normalized spacial score (nSPS) is 12.2. The topological polar surface area (TPSA) is 49.4 Å². The lowest BCUT2D eigenvalue weighted by atomic mass is 10.2. The van der Waals surface area contributed by atoms with Crippen LogP contribution in [-0.2, 0) is 18.9 Å². The number of methoxy groups -OCH3 is 1. The molecule has 0 saturated heterocycles. The van der Waals surface area contributed by atoms with E-state index in [1.165, 1.54) is 5.56 Å². The Kier molecular flexibility index (Phi) is 18.7. The van der Waals surface area contributed by atoms with Gasteiger partial charge in [-0.15, -0.1) is 13.5 Å². The van der Waals surface area contributed by atoms with Gasteiger partial charge < -0.3 is 37.6 Å². The maximum absolute atomic E-state index is 5.95. The van der Waals surface area contributed by atoms with Gasteiger partial charge in [0.15, 0.2) is 6.73 Å². The van der Waals surface area contributed by atoms with Crippen LogP contribution < -0.4 is 9.64 Å². The van der Waals surface area contributed by atoms with E-state index in [-0.39, 0.29) is 0 Å². The highest BCUT2D eigenvalue weighted by Crippen LogP contribution is 2.29. The van der Waals surface area contributed by atoms with Gasteiger partial charge in [-0.25, -0.2) is 0 Å². The van der Waals surface area contributed by atoms with Gasteiger partial charge in [0, 0.05) is 13.1 Å². The minimum atomic E-state index is 0.581. The molecule has 0 saturated carbocycles. The van der Waals surface area contributed by atoms with Gasteiger partial charge >= 0.3 is 0 Å². The fraction of sp³-hybridized carbons (Fsp3) is 0.774. The lowest BCUT2D eigenvalue weighted by Crippen LogP contribution is -2.49. The molecule has 0 radical (unpaired) electrons. The van der Waals surface area contributed by atoms with E-state index >= 15 is 0 Å². The molecule has 0 aromatic heterocycles. The molecule has 0 unspecified atom stereocenters. The molecule has 0 aliphatic rings. The highest BCUT2D eigenvalue weighted by atomic mass is 16.5. The Bertz CT molecular complexity index is 724. The molecule has 1 aromatic rings. The van der Waals surface area contributed by atoms with Crippen molar-refractivity contribution in [1.29, 1.82) is 0 Å². The summed E-state index contributed by atoms with van der Waals surface area (Å²) in [5.41, 5.74) is 2.26. The van der Waals surface area contributed by atoms with E-state index in [0.717, 1.165) is 79.4 Å². The predicted molar refractivity (Wildman–Crippen MR) is 161 cm³/mol. The highest BCUT2D eigenvalue weighted by molar-refractivity contribution is 5.60. The number of quaternary nitrogens is 2. The molecule has 8 heteroatoms. The second-order valence-electron chi connectivity index (χ2n) is 10.2. The van der Waals surface area contributed by atoms with E-state index in [1.54, 1.807) is 7.11 Å². The van der Waals surface area contributed by atoms with Crippen molar-refractivity contribution in [3.8, 4) is 5.75 Å². The maximum Gasteiger partial charge on any atom is 0.159 e. The molecule has 0 N–H and O–H groups in total. The first-order valence-corrected chi connectivity index (χ1v) is 15.1. The predicted octanol–water partition coefficient (Wildman–Crippen LogP) is 4.75. The van der Waals surface area contributed by atoms with Crippen molar-refractivity contribution >= 4 is 5.69 Å². The van der Waals surface area contributed by atoms with Crippen molar-refractivity contribution in [1.82, 2.24) is 0 Å². The first-order valence-electron chi connectivity index (χ1n) is 15.1. The van der Waals surface area contributed by atoms with Gasteiger partial charge in [-0.1, -0.05) is 6.07 Å². The molecule has 0 atom stereocenters. The highest BCUT2D eigenvalue weighted by Gasteiger charge is 2.20. The number of rotatable bonds is 25. The zero-order valence-electron chi connectivity index (χ0n) is 26.5. The largest absolute Gasteiger partial charge is 0.495 e. The van der Waals surface area contributed by atoms with Crippen molar-refractivity contribution in [2.45, 2.75) is 48.5 Å². The van der Waals surface area contributed by atoms with Crippen LogP contribution in [0.2, 0.25) is 0 Å². The molecule has 8 nitrogen and oxygen atoms in total. The van der Waals surface area contributed by atoms with Crippen molar-refractivity contribution in [2.24, 2.45) is 0 Å². The molecule has 0 fully saturated rings. The molecule has 39 heavy (non-hydrogen) atoms. The SMILES string of the molecule is C[CH-][N+](CC)(CC)COCCOCCN(CCOCCOCC[N+](CC)(CC)CC)c1cc(C)ccc1OC. The number of nitrogens with zero attached hydrogens (tertiary/aromatic N) is 3. The van der Waals surface area contributed by atoms with Crippen molar-refractivity contribution in [3.63, 3.8) is 0 Å². The lowest BCUT2D eigenvalue weighted by molar-refractivity contribution is -0.923. The number of benzene rings is 1. The molecule has 0 amide bonds. The van der Waals surface area contributed by atoms with Crippen LogP contribution in [0.4, 0.5) is 5.69 Å². The summed E-state index contributed by atoms with van der Waals surface area (Å²) in [6, 6.07) is 6.27. The quantitative estimate of drug-likeness (QED) is 0.0753. The van der Waals surface area contributed by atoms with Gasteiger partial charge in [0.25, 0.3) is 0 Å². The number of anilines is 1. The standard InChI is InChI=1S/C31H60N3O5/c1-9-33(10-2,11-3)19-22-38-24-23-36-20-17-32(30-27-29(7)15-16-31(30)35-8)18-21-37-25-26-39-28-34(12-4,13-5)14-6/h12,15-16,27H,9-11,13-14,17-26,28H2,1-8H3/q+1. The van der Waals surface area contributed by atoms with Crippen LogP contribution >= 0.6 is 0 Å². The van der Waals surface area contributed by atoms with Gasteiger partial charge in [0.1, 0.15) is 12.3 Å². The Balaban J connectivity index is 2.48. The Labute approximate surface area is 240 Å². The summed E-state index contributed by atoms with van der Waals surface area (Å²) >= 11 is 0. The van der Waals surface area contributed by atoms with Crippen LogP contribution in [0, 0.1) is 13.5 Å². The average molecular weight is 555 g/mol. The third-order valence-corrected chi connectivity index (χ3v) is 8.31. The van der Waals surface area contributed by atoms with Crippen LogP contribution in [0.1, 0.15) is 47.1 Å². The average Bonchev–Trinajstić information content (AvgIpc) is 2.97. The van der Waals surface area contributed by atoms with E-state index in [1.807, 2.05) is 6.07 Å². The van der Waals surface area contributed by atoms with Crippen LogP contribution in [0.3, 0.4) is 0 Å². The van der Waals surface area contributed by atoms with Crippen molar-refractivity contribution in [2.75, 3.05) is 117 Å². The molecule has 0 aliphatic carbocycles. The Morgan fingerprint density at radius 1 is 0.718 bits per heavy atom. The zero-order valence-corrected chi connectivity index (χ0v) is 26.5. The number of ether oxygens (including phenoxy) is 5. The molecule has 0 heterocycles. The molecule has 1 rings (SSSR count). The smallest absolute Gasteiger partial charge is 0.159 e. The molecule has 0 spiro atoms. The summed E-state index contributed by atoms with van der Waals surface area (Å²) in [7, 11) is 1.72. The molecule has 0 bridgehead atoms. The summed E-state index contributed by atoms with van der Waals surface area (Å²) in [6.07, 6.45) is 0. The third kappa shape index (κ3) is 12.7. The molecule has 0 aliphatic heterocycles. The van der Waals surface area contributed by atoms with Gasteiger partial charge in [-0.05, 0) is 59.2 Å². The van der Waals surface area contributed by atoms with E-state index in [9.17, 15) is 0 Å². The summed E-state index contributed by atoms with van der Waals surface area (Å²) < 4.78 is 31.3. The van der Waals surface area contributed by atoms with Gasteiger partial charge in [0.05, 0.1) is 91.8 Å². The number of hydrogen-bond donors (Lipinski definition) is 0. The van der Waals surface area contributed by atoms with E-state index in [0.29, 0.717) is 46.4 Å². The minimum absolute atomic E-state index is 0.581.